The second-order valence-corrected chi connectivity index (χ2v) is 9.03. The van der Waals surface area contributed by atoms with Crippen LogP contribution in [0.25, 0.3) is 15.9 Å². The molecule has 2 aromatic heterocycles. The highest BCUT2D eigenvalue weighted by atomic mass is 35.5. The van der Waals surface area contributed by atoms with E-state index in [9.17, 15) is 27.6 Å². The predicted octanol–water partition coefficient (Wildman–Crippen LogP) is 4.01. The van der Waals surface area contributed by atoms with E-state index in [1.54, 1.807) is 24.3 Å². The Morgan fingerprint density at radius 3 is 2.39 bits per heavy atom. The van der Waals surface area contributed by atoms with Crippen LogP contribution in [-0.2, 0) is 13.0 Å². The molecule has 11 heteroatoms. The van der Waals surface area contributed by atoms with Gasteiger partial charge >= 0.3 is 5.69 Å². The molecule has 0 fully saturated rings. The van der Waals surface area contributed by atoms with Gasteiger partial charge in [-0.25, -0.2) is 22.5 Å². The predicted molar refractivity (Wildman–Crippen MR) is 118 cm³/mol. The lowest BCUT2D eigenvalue weighted by molar-refractivity contribution is 0.0736. The molecular weight excluding hydrogens is 479 g/mol. The van der Waals surface area contributed by atoms with E-state index >= 15 is 0 Å². The van der Waals surface area contributed by atoms with Crippen LogP contribution in [0.1, 0.15) is 20.8 Å². The number of rotatable bonds is 2. The number of benzene rings is 2. The molecule has 0 atom stereocenters. The summed E-state index contributed by atoms with van der Waals surface area (Å²) in [7, 11) is 0. The molecule has 168 valence electrons. The Kier molecular flexibility index (Phi) is 5.13. The maximum absolute atomic E-state index is 13.6. The van der Waals surface area contributed by atoms with Crippen LogP contribution < -0.4 is 11.2 Å². The molecule has 33 heavy (non-hydrogen) atoms. The van der Waals surface area contributed by atoms with Gasteiger partial charge in [0.2, 0.25) is 0 Å². The van der Waals surface area contributed by atoms with Crippen LogP contribution in [0.5, 0.6) is 0 Å². The smallest absolute Gasteiger partial charge is 0.333 e. The number of amides is 1. The molecule has 1 amide bonds. The molecule has 0 radical (unpaired) electrons. The Balaban J connectivity index is 1.54. The summed E-state index contributed by atoms with van der Waals surface area (Å²) in [4.78, 5) is 43.7. The van der Waals surface area contributed by atoms with E-state index in [-0.39, 0.29) is 18.7 Å². The van der Waals surface area contributed by atoms with E-state index in [2.05, 4.69) is 4.98 Å². The number of carbonyl (C=O) groups excluding carboxylic acids is 1. The van der Waals surface area contributed by atoms with Crippen molar-refractivity contribution in [2.45, 2.75) is 13.0 Å². The molecule has 0 spiro atoms. The van der Waals surface area contributed by atoms with Crippen LogP contribution in [-0.4, -0.2) is 26.9 Å². The van der Waals surface area contributed by atoms with Gasteiger partial charge in [0.1, 0.15) is 4.83 Å². The fourth-order valence-corrected chi connectivity index (χ4v) is 5.31. The molecule has 0 bridgehead atoms. The van der Waals surface area contributed by atoms with Gasteiger partial charge in [-0.1, -0.05) is 11.6 Å². The number of hydrogen-bond acceptors (Lipinski definition) is 4. The second kappa shape index (κ2) is 7.89. The SMILES string of the molecule is O=C(c1cc(F)c(F)c(F)c1)N1CCc2c(sc3[nH]c(=O)n(-c4ccc(Cl)cc4)c(=O)c23)C1. The zero-order valence-electron chi connectivity index (χ0n) is 16.6. The van der Waals surface area contributed by atoms with Crippen molar-refractivity contribution in [1.29, 1.82) is 0 Å². The Bertz CT molecular complexity index is 1540. The highest BCUT2D eigenvalue weighted by Crippen LogP contribution is 2.32. The lowest BCUT2D eigenvalue weighted by atomic mass is 10.0. The van der Waals surface area contributed by atoms with Crippen molar-refractivity contribution in [2.24, 2.45) is 0 Å². The normalized spacial score (nSPS) is 13.4. The van der Waals surface area contributed by atoms with E-state index in [4.69, 9.17) is 11.6 Å². The average Bonchev–Trinajstić information content (AvgIpc) is 3.15. The molecule has 1 N–H and O–H groups in total. The summed E-state index contributed by atoms with van der Waals surface area (Å²) in [5.41, 5.74) is -0.343. The van der Waals surface area contributed by atoms with Gasteiger partial charge in [0, 0.05) is 22.0 Å². The van der Waals surface area contributed by atoms with Crippen molar-refractivity contribution in [2.75, 3.05) is 6.54 Å². The second-order valence-electron chi connectivity index (χ2n) is 7.49. The summed E-state index contributed by atoms with van der Waals surface area (Å²) in [5.74, 6) is -5.20. The van der Waals surface area contributed by atoms with Crippen LogP contribution in [0.15, 0.2) is 46.0 Å². The highest BCUT2D eigenvalue weighted by Gasteiger charge is 2.28. The van der Waals surface area contributed by atoms with Gasteiger partial charge in [-0.05, 0) is 48.4 Å². The van der Waals surface area contributed by atoms with E-state index in [0.717, 1.165) is 4.57 Å². The Labute approximate surface area is 192 Å². The Hall–Kier alpha value is -3.37. The van der Waals surface area contributed by atoms with E-state index < -0.39 is 34.6 Å². The Morgan fingerprint density at radius 2 is 1.73 bits per heavy atom. The van der Waals surface area contributed by atoms with Crippen LogP contribution in [0.3, 0.4) is 0 Å². The van der Waals surface area contributed by atoms with Gasteiger partial charge < -0.3 is 4.90 Å². The molecule has 3 heterocycles. The van der Waals surface area contributed by atoms with Crippen molar-refractivity contribution in [3.63, 3.8) is 0 Å². The van der Waals surface area contributed by atoms with E-state index in [1.807, 2.05) is 0 Å². The largest absolute Gasteiger partial charge is 0.334 e. The van der Waals surface area contributed by atoms with Gasteiger partial charge in [0.05, 0.1) is 17.6 Å². The molecule has 1 aliphatic heterocycles. The number of hydrogen-bond donors (Lipinski definition) is 1. The molecule has 2 aromatic carbocycles. The number of thiophene rings is 1. The summed E-state index contributed by atoms with van der Waals surface area (Å²) in [6.07, 6.45) is 0.301. The number of fused-ring (bicyclic) bond motifs is 3. The first kappa shape index (κ1) is 21.5. The molecule has 5 rings (SSSR count). The van der Waals surface area contributed by atoms with Crippen molar-refractivity contribution < 1.29 is 18.0 Å². The summed E-state index contributed by atoms with van der Waals surface area (Å²) in [6.45, 7) is 0.258. The van der Waals surface area contributed by atoms with Gasteiger partial charge in [0.15, 0.2) is 17.5 Å². The topological polar surface area (TPSA) is 75.2 Å². The van der Waals surface area contributed by atoms with Crippen LogP contribution in [0, 0.1) is 17.5 Å². The summed E-state index contributed by atoms with van der Waals surface area (Å²) < 4.78 is 41.4. The van der Waals surface area contributed by atoms with Crippen LogP contribution >= 0.6 is 22.9 Å². The zero-order chi connectivity index (χ0) is 23.4. The third-order valence-corrected chi connectivity index (χ3v) is 6.88. The summed E-state index contributed by atoms with van der Waals surface area (Å²) in [5, 5.41) is 0.818. The first-order valence-corrected chi connectivity index (χ1v) is 10.9. The minimum absolute atomic E-state index is 0.0799. The number of H-pyrrole nitrogens is 1. The van der Waals surface area contributed by atoms with Gasteiger partial charge in [-0.15, -0.1) is 11.3 Å². The number of nitrogens with zero attached hydrogens (tertiary/aromatic N) is 2. The molecule has 0 saturated heterocycles. The lowest BCUT2D eigenvalue weighted by Crippen LogP contribution is -2.36. The van der Waals surface area contributed by atoms with E-state index in [1.165, 1.54) is 16.2 Å². The van der Waals surface area contributed by atoms with Crippen molar-refractivity contribution in [3.8, 4) is 5.69 Å². The average molecular weight is 492 g/mol. The molecule has 0 aliphatic carbocycles. The number of carbonyl (C=O) groups is 1. The van der Waals surface area contributed by atoms with Crippen molar-refractivity contribution >= 4 is 39.1 Å². The van der Waals surface area contributed by atoms with Gasteiger partial charge in [0.25, 0.3) is 11.5 Å². The fourth-order valence-electron chi connectivity index (χ4n) is 3.93. The van der Waals surface area contributed by atoms with Crippen LogP contribution in [0.2, 0.25) is 5.02 Å². The maximum atomic E-state index is 13.6. The first-order chi connectivity index (χ1) is 15.7. The summed E-state index contributed by atoms with van der Waals surface area (Å²) in [6, 6.07) is 7.57. The monoisotopic (exact) mass is 491 g/mol. The highest BCUT2D eigenvalue weighted by molar-refractivity contribution is 7.18. The fraction of sp³-hybridized carbons (Fsp3) is 0.136. The standard InChI is InChI=1S/C22H13ClF3N3O3S/c23-11-1-3-12(4-2-11)29-21(31)17-13-5-6-28(9-16(13)33-19(17)27-22(29)32)20(30)10-7-14(24)18(26)15(25)8-10/h1-4,7-8H,5-6,9H2,(H,27,32). The van der Waals surface area contributed by atoms with Gasteiger partial charge in [-0.2, -0.15) is 0 Å². The molecular formula is C22H13ClF3N3O3S. The third kappa shape index (κ3) is 3.55. The van der Waals surface area contributed by atoms with Crippen LogP contribution in [0.4, 0.5) is 13.2 Å². The number of nitrogens with one attached hydrogen (secondary N) is 1. The summed E-state index contributed by atoms with van der Waals surface area (Å²) >= 11 is 7.06. The molecule has 4 aromatic rings. The minimum Gasteiger partial charge on any atom is -0.333 e. The molecule has 1 aliphatic rings. The maximum Gasteiger partial charge on any atom is 0.334 e. The van der Waals surface area contributed by atoms with E-state index in [0.29, 0.717) is 49.9 Å². The zero-order valence-corrected chi connectivity index (χ0v) is 18.2. The van der Waals surface area contributed by atoms with Crippen molar-refractivity contribution in [3.05, 3.63) is 95.7 Å². The number of aromatic amines is 1. The van der Waals surface area contributed by atoms with Gasteiger partial charge in [-0.3, -0.25) is 14.6 Å². The molecule has 0 saturated carbocycles. The molecule has 0 unspecified atom stereocenters. The Morgan fingerprint density at radius 1 is 1.06 bits per heavy atom. The number of aromatic nitrogens is 2. The lowest BCUT2D eigenvalue weighted by Gasteiger charge is -2.27. The minimum atomic E-state index is -1.64. The molecule has 6 nitrogen and oxygen atoms in total. The quantitative estimate of drug-likeness (QED) is 0.431. The number of halogens is 4. The first-order valence-electron chi connectivity index (χ1n) is 9.74. The third-order valence-electron chi connectivity index (χ3n) is 5.50. The van der Waals surface area contributed by atoms with Crippen molar-refractivity contribution in [1.82, 2.24) is 14.5 Å².